The molecule has 0 N–H and O–H groups in total. The molecular formula is C15H9ClF3NO2S. The van der Waals surface area contributed by atoms with Gasteiger partial charge in [0.25, 0.3) is 0 Å². The molecule has 0 spiro atoms. The summed E-state index contributed by atoms with van der Waals surface area (Å²) in [7, 11) is 0. The lowest BCUT2D eigenvalue weighted by Crippen LogP contribution is -2.05. The number of benzene rings is 1. The average Bonchev–Trinajstić information content (AvgIpc) is 3.07. The molecule has 3 nitrogen and oxygen atoms in total. The number of Topliss-reactive ketones (excluding diaryl/α,β-unsaturated/α-hetero) is 1. The minimum absolute atomic E-state index is 0.0499. The maximum absolute atomic E-state index is 12.5. The first kappa shape index (κ1) is 16.0. The van der Waals surface area contributed by atoms with Crippen LogP contribution in [0.2, 0.25) is 5.02 Å². The molecule has 0 fully saturated rings. The average molecular weight is 360 g/mol. The van der Waals surface area contributed by atoms with Crippen molar-refractivity contribution >= 4 is 39.7 Å². The molecule has 0 saturated heterocycles. The summed E-state index contributed by atoms with van der Waals surface area (Å²) in [5, 5.41) is 1.31. The van der Waals surface area contributed by atoms with E-state index in [1.165, 1.54) is 6.26 Å². The number of thiazole rings is 1. The third kappa shape index (κ3) is 3.40. The Morgan fingerprint density at radius 2 is 2.09 bits per heavy atom. The zero-order valence-corrected chi connectivity index (χ0v) is 13.1. The van der Waals surface area contributed by atoms with E-state index in [1.807, 2.05) is 0 Å². The van der Waals surface area contributed by atoms with Gasteiger partial charge in [-0.1, -0.05) is 23.7 Å². The molecule has 0 amide bonds. The highest BCUT2D eigenvalue weighted by molar-refractivity contribution is 7.11. The maximum atomic E-state index is 12.5. The summed E-state index contributed by atoms with van der Waals surface area (Å²) in [6.07, 6.45) is -2.34. The fourth-order valence-corrected chi connectivity index (χ4v) is 3.21. The number of nitrogens with zero attached hydrogens (tertiary/aromatic N) is 1. The summed E-state index contributed by atoms with van der Waals surface area (Å²) in [6.45, 7) is 0. The molecule has 0 bridgehead atoms. The number of ketones is 1. The number of alkyl halides is 3. The Morgan fingerprint density at radius 1 is 1.30 bits per heavy atom. The topological polar surface area (TPSA) is 43.1 Å². The SMILES string of the molecule is O=C(Cc1ncc(C(F)(F)F)s1)Cc1coc2c(Cl)cccc12. The van der Waals surface area contributed by atoms with E-state index in [1.54, 1.807) is 18.2 Å². The fraction of sp³-hybridized carbons (Fsp3) is 0.200. The maximum Gasteiger partial charge on any atom is 0.427 e. The van der Waals surface area contributed by atoms with Gasteiger partial charge in [0.1, 0.15) is 15.7 Å². The van der Waals surface area contributed by atoms with Crippen LogP contribution in [0.15, 0.2) is 35.1 Å². The Kier molecular flexibility index (Phi) is 4.16. The minimum atomic E-state index is -4.43. The lowest BCUT2D eigenvalue weighted by molar-refractivity contribution is -0.134. The number of aromatic nitrogens is 1. The summed E-state index contributed by atoms with van der Waals surface area (Å²) >= 11 is 6.47. The van der Waals surface area contributed by atoms with Crippen LogP contribution in [0.1, 0.15) is 15.4 Å². The molecule has 3 aromatic rings. The minimum Gasteiger partial charge on any atom is -0.462 e. The molecule has 1 aromatic carbocycles. The zero-order valence-electron chi connectivity index (χ0n) is 11.5. The monoisotopic (exact) mass is 359 g/mol. The van der Waals surface area contributed by atoms with Crippen LogP contribution in [0.5, 0.6) is 0 Å². The molecule has 0 radical (unpaired) electrons. The number of furan rings is 1. The van der Waals surface area contributed by atoms with Crippen molar-refractivity contribution in [3.8, 4) is 0 Å². The van der Waals surface area contributed by atoms with E-state index >= 15 is 0 Å². The number of hydrogen-bond acceptors (Lipinski definition) is 4. The number of halogens is 4. The highest BCUT2D eigenvalue weighted by Gasteiger charge is 2.33. The van der Waals surface area contributed by atoms with Crippen LogP contribution < -0.4 is 0 Å². The van der Waals surface area contributed by atoms with Gasteiger partial charge in [0.05, 0.1) is 23.9 Å². The molecule has 120 valence electrons. The first-order chi connectivity index (χ1) is 10.8. The van der Waals surface area contributed by atoms with E-state index < -0.39 is 11.1 Å². The van der Waals surface area contributed by atoms with Crippen molar-refractivity contribution in [2.24, 2.45) is 0 Å². The summed E-state index contributed by atoms with van der Waals surface area (Å²) < 4.78 is 42.9. The molecule has 3 rings (SSSR count). The zero-order chi connectivity index (χ0) is 16.6. The van der Waals surface area contributed by atoms with Gasteiger partial charge >= 0.3 is 6.18 Å². The van der Waals surface area contributed by atoms with Crippen LogP contribution >= 0.6 is 22.9 Å². The Bertz CT molecular complexity index is 869. The smallest absolute Gasteiger partial charge is 0.427 e. The second-order valence-corrected chi connectivity index (χ2v) is 6.41. The Balaban J connectivity index is 1.74. The number of carbonyl (C=O) groups excluding carboxylic acids is 1. The van der Waals surface area contributed by atoms with Crippen LogP contribution in [0.3, 0.4) is 0 Å². The molecule has 0 unspecified atom stereocenters. The first-order valence-electron chi connectivity index (χ1n) is 6.53. The summed E-state index contributed by atoms with van der Waals surface area (Å²) in [5.41, 5.74) is 1.14. The lowest BCUT2D eigenvalue weighted by atomic mass is 10.1. The number of hydrogen-bond donors (Lipinski definition) is 0. The van der Waals surface area contributed by atoms with Gasteiger partial charge in [-0.2, -0.15) is 13.2 Å². The summed E-state index contributed by atoms with van der Waals surface area (Å²) in [5.74, 6) is -0.240. The molecule has 2 heterocycles. The normalized spacial score (nSPS) is 12.0. The molecule has 8 heteroatoms. The van der Waals surface area contributed by atoms with E-state index in [0.717, 1.165) is 11.6 Å². The van der Waals surface area contributed by atoms with Gasteiger partial charge in [0.15, 0.2) is 5.58 Å². The molecular weight excluding hydrogens is 351 g/mol. The van der Waals surface area contributed by atoms with Crippen molar-refractivity contribution < 1.29 is 22.4 Å². The quantitative estimate of drug-likeness (QED) is 0.664. The Labute approximate surface area is 137 Å². The number of carbonyl (C=O) groups is 1. The van der Waals surface area contributed by atoms with Crippen molar-refractivity contribution in [2.75, 3.05) is 0 Å². The molecule has 0 aliphatic carbocycles. The third-order valence-corrected chi connectivity index (χ3v) is 4.54. The largest absolute Gasteiger partial charge is 0.462 e. The standard InChI is InChI=1S/C15H9ClF3NO2S/c16-11-3-1-2-10-8(7-22-14(10)11)4-9(21)5-13-20-6-12(23-13)15(17,18)19/h1-3,6-7H,4-5H2. The highest BCUT2D eigenvalue weighted by Crippen LogP contribution is 2.33. The summed E-state index contributed by atoms with van der Waals surface area (Å²) in [6, 6.07) is 5.19. The molecule has 0 saturated carbocycles. The van der Waals surface area contributed by atoms with Crippen LogP contribution in [0.4, 0.5) is 13.2 Å². The third-order valence-electron chi connectivity index (χ3n) is 3.20. The second-order valence-electron chi connectivity index (χ2n) is 4.89. The van der Waals surface area contributed by atoms with E-state index in [-0.39, 0.29) is 23.6 Å². The first-order valence-corrected chi connectivity index (χ1v) is 7.72. The van der Waals surface area contributed by atoms with Gasteiger partial charge in [0.2, 0.25) is 0 Å². The van der Waals surface area contributed by atoms with Gasteiger partial charge in [-0.15, -0.1) is 11.3 Å². The number of para-hydroxylation sites is 1. The number of rotatable bonds is 4. The van der Waals surface area contributed by atoms with Crippen LogP contribution in [-0.4, -0.2) is 10.8 Å². The Morgan fingerprint density at radius 3 is 2.78 bits per heavy atom. The van der Waals surface area contributed by atoms with E-state index in [2.05, 4.69) is 4.98 Å². The molecule has 0 aliphatic rings. The predicted molar refractivity (Wildman–Crippen MR) is 80.8 cm³/mol. The van der Waals surface area contributed by atoms with Crippen LogP contribution in [0.25, 0.3) is 11.0 Å². The van der Waals surface area contributed by atoms with Gasteiger partial charge in [-0.05, 0) is 6.07 Å². The van der Waals surface area contributed by atoms with Crippen molar-refractivity contribution in [1.29, 1.82) is 0 Å². The molecule has 2 aromatic heterocycles. The molecule has 0 aliphatic heterocycles. The van der Waals surface area contributed by atoms with Crippen LogP contribution in [-0.2, 0) is 23.8 Å². The van der Waals surface area contributed by atoms with E-state index in [9.17, 15) is 18.0 Å². The highest BCUT2D eigenvalue weighted by atomic mass is 35.5. The van der Waals surface area contributed by atoms with Crippen molar-refractivity contribution in [2.45, 2.75) is 19.0 Å². The fourth-order valence-electron chi connectivity index (χ4n) is 2.18. The van der Waals surface area contributed by atoms with Crippen LogP contribution in [0, 0.1) is 0 Å². The summed E-state index contributed by atoms with van der Waals surface area (Å²) in [4.78, 5) is 14.9. The van der Waals surface area contributed by atoms with Crippen molar-refractivity contribution in [3.05, 3.63) is 51.1 Å². The van der Waals surface area contributed by atoms with Crippen molar-refractivity contribution in [3.63, 3.8) is 0 Å². The second kappa shape index (κ2) is 5.98. The lowest BCUT2D eigenvalue weighted by Gasteiger charge is -2.00. The van der Waals surface area contributed by atoms with Gasteiger partial charge in [-0.25, -0.2) is 4.98 Å². The van der Waals surface area contributed by atoms with Gasteiger partial charge in [0, 0.05) is 17.4 Å². The van der Waals surface area contributed by atoms with Gasteiger partial charge in [-0.3, -0.25) is 4.79 Å². The number of fused-ring (bicyclic) bond motifs is 1. The van der Waals surface area contributed by atoms with Gasteiger partial charge < -0.3 is 4.42 Å². The van der Waals surface area contributed by atoms with E-state index in [4.69, 9.17) is 16.0 Å². The molecule has 23 heavy (non-hydrogen) atoms. The predicted octanol–water partition coefficient (Wildman–Crippen LogP) is 4.92. The van der Waals surface area contributed by atoms with E-state index in [0.29, 0.717) is 27.5 Å². The Hall–Kier alpha value is -1.86. The van der Waals surface area contributed by atoms with Crippen molar-refractivity contribution in [1.82, 2.24) is 4.98 Å². The molecule has 0 atom stereocenters.